The molecule has 0 radical (unpaired) electrons. The number of nitrogens with zero attached hydrogens (tertiary/aromatic N) is 2. The quantitative estimate of drug-likeness (QED) is 0.317. The van der Waals surface area contributed by atoms with E-state index in [0.29, 0.717) is 6.42 Å². The van der Waals surface area contributed by atoms with Crippen molar-refractivity contribution in [3.63, 3.8) is 0 Å². The summed E-state index contributed by atoms with van der Waals surface area (Å²) in [6.07, 6.45) is 2.49. The molecule has 1 aliphatic rings. The lowest BCUT2D eigenvalue weighted by atomic mass is 10.4. The van der Waals surface area contributed by atoms with Crippen molar-refractivity contribution in [2.24, 2.45) is 0 Å². The van der Waals surface area contributed by atoms with E-state index in [1.165, 1.54) is 0 Å². The second-order valence-corrected chi connectivity index (χ2v) is 4.70. The minimum absolute atomic E-state index is 0. The van der Waals surface area contributed by atoms with Gasteiger partial charge in [0, 0.05) is 19.0 Å². The van der Waals surface area contributed by atoms with E-state index in [2.05, 4.69) is 33.1 Å². The number of carbonyl (C=O) groups excluding carboxylic acids is 1. The van der Waals surface area contributed by atoms with Gasteiger partial charge in [-0.2, -0.15) is 0 Å². The number of likely N-dealkylation sites (tertiary alicyclic amines) is 1. The summed E-state index contributed by atoms with van der Waals surface area (Å²) in [6.45, 7) is 1.84. The van der Waals surface area contributed by atoms with E-state index in [1.54, 1.807) is 4.90 Å². The molecule has 0 aliphatic carbocycles. The molecule has 0 N–H and O–H groups in total. The highest BCUT2D eigenvalue weighted by Crippen LogP contribution is 2.07. The normalized spacial score (nSPS) is 15.7. The third-order valence-corrected chi connectivity index (χ3v) is 2.20. The van der Waals surface area contributed by atoms with Gasteiger partial charge in [-0.15, -0.1) is 0 Å². The molecular weight excluding hydrogens is 303 g/mol. The van der Waals surface area contributed by atoms with E-state index >= 15 is 0 Å². The number of rotatable bonds is 2. The third kappa shape index (κ3) is 6.00. The first-order valence-corrected chi connectivity index (χ1v) is 5.08. The zero-order chi connectivity index (χ0) is 10.6. The van der Waals surface area contributed by atoms with Gasteiger partial charge < -0.3 is 28.5 Å². The molecule has 1 amide bonds. The molecule has 4 heteroatoms. The molecule has 0 aromatic carbocycles. The molecule has 0 aromatic rings. The van der Waals surface area contributed by atoms with Gasteiger partial charge in [-0.3, -0.25) is 9.69 Å². The molecule has 86 valence electrons. The van der Waals surface area contributed by atoms with Gasteiger partial charge in [0.05, 0.1) is 34.1 Å². The molecule has 0 atom stereocenters. The van der Waals surface area contributed by atoms with E-state index in [9.17, 15) is 4.79 Å². The Morgan fingerprint density at radius 3 is 2.53 bits per heavy atom. The van der Waals surface area contributed by atoms with Crippen molar-refractivity contribution in [1.29, 1.82) is 0 Å². The Morgan fingerprint density at radius 1 is 1.40 bits per heavy atom. The van der Waals surface area contributed by atoms with E-state index in [4.69, 9.17) is 0 Å². The molecule has 0 aromatic heterocycles. The summed E-state index contributed by atoms with van der Waals surface area (Å²) in [6, 6.07) is 2.93. The summed E-state index contributed by atoms with van der Waals surface area (Å²) < 4.78 is 0.919. The first-order valence-electron chi connectivity index (χ1n) is 5.08. The van der Waals surface area contributed by atoms with Crippen LogP contribution in [-0.4, -0.2) is 49.5 Å². The predicted molar refractivity (Wildman–Crippen MR) is 56.2 cm³/mol. The highest BCUT2D eigenvalue weighted by molar-refractivity contribution is 5.79. The highest BCUT2D eigenvalue weighted by Gasteiger charge is 2.17. The van der Waals surface area contributed by atoms with Crippen LogP contribution >= 0.6 is 0 Å². The molecule has 0 saturated carbocycles. The molecule has 15 heavy (non-hydrogen) atoms. The average molecular weight is 322 g/mol. The Morgan fingerprint density at radius 2 is 2.07 bits per heavy atom. The summed E-state index contributed by atoms with van der Waals surface area (Å²) in [7, 11) is 6.42. The fraction of sp³-hybridized carbons (Fsp3) is 0.727. The lowest BCUT2D eigenvalue weighted by Gasteiger charge is -2.22. The van der Waals surface area contributed by atoms with E-state index in [0.717, 1.165) is 30.4 Å². The zero-order valence-electron chi connectivity index (χ0n) is 9.72. The summed E-state index contributed by atoms with van der Waals surface area (Å²) in [5.74, 6) is 3.24. The van der Waals surface area contributed by atoms with E-state index in [1.807, 2.05) is 0 Å². The third-order valence-electron chi connectivity index (χ3n) is 2.20. The number of hydrogen-bond acceptors (Lipinski definition) is 1. The first kappa shape index (κ1) is 14.7. The van der Waals surface area contributed by atoms with Crippen LogP contribution in [0.2, 0.25) is 0 Å². The number of hydrogen-bond donors (Lipinski definition) is 0. The maximum atomic E-state index is 11.2. The van der Waals surface area contributed by atoms with Crippen LogP contribution in [0.25, 0.3) is 0 Å². The van der Waals surface area contributed by atoms with Gasteiger partial charge in [0.25, 0.3) is 0 Å². The topological polar surface area (TPSA) is 20.3 Å². The lowest BCUT2D eigenvalue weighted by Crippen LogP contribution is -3.00. The first-order chi connectivity index (χ1) is 6.49. The van der Waals surface area contributed by atoms with Crippen LogP contribution in [0.1, 0.15) is 19.3 Å². The largest absolute Gasteiger partial charge is 1.00 e. The van der Waals surface area contributed by atoms with Crippen molar-refractivity contribution in [3.8, 4) is 12.0 Å². The van der Waals surface area contributed by atoms with Gasteiger partial charge in [0.15, 0.2) is 0 Å². The smallest absolute Gasteiger partial charge is 0.234 e. The summed E-state index contributed by atoms with van der Waals surface area (Å²) in [5.41, 5.74) is 0. The maximum Gasteiger partial charge on any atom is 0.234 e. The summed E-state index contributed by atoms with van der Waals surface area (Å²) in [5, 5.41) is 0. The van der Waals surface area contributed by atoms with Crippen molar-refractivity contribution < 1.29 is 33.3 Å². The summed E-state index contributed by atoms with van der Waals surface area (Å²) in [4.78, 5) is 12.8. The van der Waals surface area contributed by atoms with Crippen molar-refractivity contribution in [2.45, 2.75) is 19.3 Å². The van der Waals surface area contributed by atoms with Gasteiger partial charge in [-0.1, -0.05) is 5.92 Å². The second kappa shape index (κ2) is 6.33. The van der Waals surface area contributed by atoms with Crippen LogP contribution < -0.4 is 24.0 Å². The molecule has 1 aliphatic heterocycles. The van der Waals surface area contributed by atoms with E-state index < -0.39 is 0 Å². The van der Waals surface area contributed by atoms with Gasteiger partial charge in [0.2, 0.25) is 5.91 Å². The lowest BCUT2D eigenvalue weighted by molar-refractivity contribution is -0.869. The van der Waals surface area contributed by atoms with Crippen LogP contribution in [-0.2, 0) is 4.79 Å². The monoisotopic (exact) mass is 322 g/mol. The Balaban J connectivity index is 0.00000196. The SMILES string of the molecule is C[N+](C)(C)CCC#CN1CCCC1=O.[I-]. The van der Waals surface area contributed by atoms with Gasteiger partial charge in [-0.05, 0) is 6.42 Å². The maximum absolute atomic E-state index is 11.2. The van der Waals surface area contributed by atoms with Crippen LogP contribution in [0.4, 0.5) is 0 Å². The average Bonchev–Trinajstić information content (AvgIpc) is 2.44. The molecule has 0 unspecified atom stereocenters. The molecule has 3 nitrogen and oxygen atoms in total. The minimum Gasteiger partial charge on any atom is -1.00 e. The summed E-state index contributed by atoms with van der Waals surface area (Å²) >= 11 is 0. The molecule has 1 fully saturated rings. The van der Waals surface area contributed by atoms with Crippen LogP contribution in [0.3, 0.4) is 0 Å². The Hall–Kier alpha value is -0.280. The molecule has 0 bridgehead atoms. The predicted octanol–water partition coefficient (Wildman–Crippen LogP) is -2.33. The van der Waals surface area contributed by atoms with Gasteiger partial charge >= 0.3 is 0 Å². The fourth-order valence-electron chi connectivity index (χ4n) is 1.31. The fourth-order valence-corrected chi connectivity index (χ4v) is 1.31. The Labute approximate surface area is 109 Å². The van der Waals surface area contributed by atoms with Gasteiger partial charge in [0.1, 0.15) is 0 Å². The highest BCUT2D eigenvalue weighted by atomic mass is 127. The van der Waals surface area contributed by atoms with Crippen LogP contribution in [0.15, 0.2) is 0 Å². The minimum atomic E-state index is 0. The van der Waals surface area contributed by atoms with Crippen LogP contribution in [0.5, 0.6) is 0 Å². The van der Waals surface area contributed by atoms with Crippen molar-refractivity contribution in [3.05, 3.63) is 0 Å². The molecule has 1 saturated heterocycles. The van der Waals surface area contributed by atoms with Crippen molar-refractivity contribution in [2.75, 3.05) is 34.2 Å². The molecule has 1 rings (SSSR count). The number of halogens is 1. The molecule has 0 spiro atoms. The second-order valence-electron chi connectivity index (χ2n) is 4.70. The van der Waals surface area contributed by atoms with E-state index in [-0.39, 0.29) is 29.9 Å². The standard InChI is InChI=1S/C11H19N2O.HI/c1-13(2,3)10-5-4-8-12-9-6-7-11(12)14;/h5-7,9-10H2,1-3H3;1H/q+1;/p-1. The number of amides is 1. The molecule has 1 heterocycles. The van der Waals surface area contributed by atoms with Crippen LogP contribution in [0, 0.1) is 12.0 Å². The van der Waals surface area contributed by atoms with Crippen molar-refractivity contribution >= 4 is 5.91 Å². The Bertz CT molecular complexity index is 273. The molecular formula is C11H19IN2O. The van der Waals surface area contributed by atoms with Gasteiger partial charge in [-0.25, -0.2) is 0 Å². The zero-order valence-corrected chi connectivity index (χ0v) is 11.9. The number of carbonyl (C=O) groups is 1. The number of quaternary nitrogens is 1. The van der Waals surface area contributed by atoms with Crippen molar-refractivity contribution in [1.82, 2.24) is 4.90 Å². The Kier molecular flexibility index (Phi) is 6.22.